The molecule has 1 aliphatic carbocycles. The zero-order valence-electron chi connectivity index (χ0n) is 11.1. The lowest BCUT2D eigenvalue weighted by molar-refractivity contribution is 0.0480. The predicted octanol–water partition coefficient (Wildman–Crippen LogP) is -0.0265. The third-order valence-corrected chi connectivity index (χ3v) is 3.83. The number of nitrogens with zero attached hydrogens (tertiary/aromatic N) is 3. The Morgan fingerprint density at radius 3 is 2.76 bits per heavy atom. The maximum Gasteiger partial charge on any atom is 0.192 e. The molecule has 2 N–H and O–H groups in total. The Morgan fingerprint density at radius 2 is 2.24 bits per heavy atom. The molecule has 98 valence electrons. The summed E-state index contributed by atoms with van der Waals surface area (Å²) in [5.74, 6) is 1.39. The van der Waals surface area contributed by atoms with E-state index in [9.17, 15) is 0 Å². The second-order valence-electron chi connectivity index (χ2n) is 5.44. The molecule has 1 fully saturated rings. The summed E-state index contributed by atoms with van der Waals surface area (Å²) in [6.07, 6.45) is 2.56. The van der Waals surface area contributed by atoms with Gasteiger partial charge in [-0.1, -0.05) is 0 Å². The van der Waals surface area contributed by atoms with Crippen LogP contribution in [0, 0.1) is 5.92 Å². The van der Waals surface area contributed by atoms with Crippen molar-refractivity contribution in [3.8, 4) is 0 Å². The molecule has 2 aliphatic rings. The molecule has 0 spiro atoms. The van der Waals surface area contributed by atoms with Crippen LogP contribution in [0.4, 0.5) is 0 Å². The van der Waals surface area contributed by atoms with Crippen molar-refractivity contribution in [3.05, 3.63) is 0 Å². The summed E-state index contributed by atoms with van der Waals surface area (Å²) < 4.78 is 5.43. The van der Waals surface area contributed by atoms with Crippen LogP contribution in [0.25, 0.3) is 0 Å². The predicted molar refractivity (Wildman–Crippen MR) is 69.1 cm³/mol. The van der Waals surface area contributed by atoms with Gasteiger partial charge in [-0.2, -0.15) is 0 Å². The summed E-state index contributed by atoms with van der Waals surface area (Å²) in [6, 6.07) is 0. The number of hydrogen-bond donors (Lipinski definition) is 1. The minimum Gasteiger partial charge on any atom is -0.382 e. The lowest BCUT2D eigenvalue weighted by atomic mass is 9.93. The summed E-state index contributed by atoms with van der Waals surface area (Å²) in [6.45, 7) is 3.46. The molecular weight excluding hydrogens is 216 g/mol. The smallest absolute Gasteiger partial charge is 0.192 e. The van der Waals surface area contributed by atoms with Crippen LogP contribution in [0.3, 0.4) is 0 Å². The molecule has 0 radical (unpaired) electrons. The molecule has 0 bridgehead atoms. The van der Waals surface area contributed by atoms with Crippen LogP contribution < -0.4 is 5.73 Å². The monoisotopic (exact) mass is 240 g/mol. The van der Waals surface area contributed by atoms with Gasteiger partial charge < -0.3 is 20.3 Å². The molecule has 0 aromatic heterocycles. The Morgan fingerprint density at radius 1 is 1.53 bits per heavy atom. The van der Waals surface area contributed by atoms with Gasteiger partial charge in [0, 0.05) is 20.2 Å². The van der Waals surface area contributed by atoms with Gasteiger partial charge in [-0.3, -0.25) is 4.99 Å². The normalized spacial score (nSPS) is 28.9. The molecule has 1 atom stereocenters. The first-order chi connectivity index (χ1) is 8.10. The van der Waals surface area contributed by atoms with Crippen LogP contribution in [-0.4, -0.2) is 68.7 Å². The van der Waals surface area contributed by atoms with E-state index in [1.54, 1.807) is 7.11 Å². The molecule has 1 aliphatic heterocycles. The zero-order valence-corrected chi connectivity index (χ0v) is 11.1. The molecule has 1 unspecified atom stereocenters. The first-order valence-corrected chi connectivity index (χ1v) is 6.31. The van der Waals surface area contributed by atoms with Crippen LogP contribution in [0.15, 0.2) is 4.99 Å². The summed E-state index contributed by atoms with van der Waals surface area (Å²) in [5, 5.41) is 0. The first kappa shape index (κ1) is 12.6. The van der Waals surface area contributed by atoms with Crippen molar-refractivity contribution in [3.63, 3.8) is 0 Å². The van der Waals surface area contributed by atoms with Gasteiger partial charge >= 0.3 is 0 Å². The second kappa shape index (κ2) is 4.82. The highest BCUT2D eigenvalue weighted by Crippen LogP contribution is 2.45. The number of ether oxygens (including phenoxy) is 1. The van der Waals surface area contributed by atoms with Crippen LogP contribution in [0.1, 0.15) is 12.8 Å². The number of nitrogens with two attached hydrogens (primary N) is 1. The molecule has 5 heteroatoms. The van der Waals surface area contributed by atoms with E-state index in [2.05, 4.69) is 28.9 Å². The average Bonchev–Trinajstić information content (AvgIpc) is 3.05. The first-order valence-electron chi connectivity index (χ1n) is 6.31. The minimum absolute atomic E-state index is 0.0366. The van der Waals surface area contributed by atoms with E-state index in [0.29, 0.717) is 11.9 Å². The van der Waals surface area contributed by atoms with Crippen LogP contribution in [-0.2, 0) is 4.74 Å². The van der Waals surface area contributed by atoms with Crippen molar-refractivity contribution in [2.75, 3.05) is 47.4 Å². The third-order valence-electron chi connectivity index (χ3n) is 3.83. The maximum atomic E-state index is 6.04. The fourth-order valence-corrected chi connectivity index (χ4v) is 2.72. The molecule has 17 heavy (non-hydrogen) atoms. The molecule has 1 saturated carbocycles. The topological polar surface area (TPSA) is 54.1 Å². The van der Waals surface area contributed by atoms with Crippen LogP contribution >= 0.6 is 0 Å². The highest BCUT2D eigenvalue weighted by molar-refractivity contribution is 5.81. The number of likely N-dealkylation sites (N-methyl/N-ethyl adjacent to an activating group) is 1. The Balaban J connectivity index is 2.08. The number of rotatable bonds is 6. The van der Waals surface area contributed by atoms with E-state index in [1.165, 1.54) is 12.8 Å². The van der Waals surface area contributed by atoms with Crippen LogP contribution in [0.2, 0.25) is 0 Å². The fraction of sp³-hybridized carbons (Fsp3) is 0.917. The van der Waals surface area contributed by atoms with E-state index < -0.39 is 0 Å². The Kier molecular flexibility index (Phi) is 3.58. The minimum atomic E-state index is 0.0366. The summed E-state index contributed by atoms with van der Waals surface area (Å²) >= 11 is 0. The molecule has 0 aromatic carbocycles. The van der Waals surface area contributed by atoms with Crippen molar-refractivity contribution in [1.82, 2.24) is 9.80 Å². The molecule has 1 heterocycles. The zero-order chi connectivity index (χ0) is 12.5. The molecule has 0 saturated heterocycles. The molecule has 0 amide bonds. The van der Waals surface area contributed by atoms with E-state index in [0.717, 1.165) is 26.2 Å². The van der Waals surface area contributed by atoms with Crippen molar-refractivity contribution in [2.45, 2.75) is 18.4 Å². The van der Waals surface area contributed by atoms with Crippen molar-refractivity contribution >= 4 is 5.96 Å². The lowest BCUT2D eigenvalue weighted by Gasteiger charge is -2.39. The number of hydrogen-bond acceptors (Lipinski definition) is 5. The maximum absolute atomic E-state index is 6.04. The second-order valence-corrected chi connectivity index (χ2v) is 5.44. The highest BCUT2D eigenvalue weighted by Gasteiger charge is 2.52. The van der Waals surface area contributed by atoms with E-state index in [4.69, 9.17) is 10.5 Å². The molecular formula is C12H24N4O. The number of methoxy groups -OCH3 is 1. The van der Waals surface area contributed by atoms with Gasteiger partial charge in [0.15, 0.2) is 5.96 Å². The van der Waals surface area contributed by atoms with E-state index in [-0.39, 0.29) is 5.54 Å². The SMILES string of the molecule is COCC1(C2CC2)CN=C(N)N1CCN(C)C. The van der Waals surface area contributed by atoms with Crippen molar-refractivity contribution in [1.29, 1.82) is 0 Å². The number of aliphatic imine (C=N–C) groups is 1. The molecule has 2 rings (SSSR count). The van der Waals surface area contributed by atoms with Gasteiger partial charge in [-0.25, -0.2) is 0 Å². The van der Waals surface area contributed by atoms with E-state index in [1.807, 2.05) is 0 Å². The quantitative estimate of drug-likeness (QED) is 0.708. The van der Waals surface area contributed by atoms with E-state index >= 15 is 0 Å². The van der Waals surface area contributed by atoms with Crippen molar-refractivity contribution in [2.24, 2.45) is 16.6 Å². The average molecular weight is 240 g/mol. The van der Waals surface area contributed by atoms with Crippen LogP contribution in [0.5, 0.6) is 0 Å². The van der Waals surface area contributed by atoms with Crippen molar-refractivity contribution < 1.29 is 4.74 Å². The Hall–Kier alpha value is -0.810. The Bertz CT molecular complexity index is 301. The van der Waals surface area contributed by atoms with Gasteiger partial charge in [0.05, 0.1) is 18.7 Å². The largest absolute Gasteiger partial charge is 0.382 e. The van der Waals surface area contributed by atoms with Gasteiger partial charge in [-0.05, 0) is 32.9 Å². The summed E-state index contributed by atoms with van der Waals surface area (Å²) in [7, 11) is 5.93. The van der Waals surface area contributed by atoms with Gasteiger partial charge in [0.2, 0.25) is 0 Å². The highest BCUT2D eigenvalue weighted by atomic mass is 16.5. The van der Waals surface area contributed by atoms with Gasteiger partial charge in [0.1, 0.15) is 0 Å². The Labute approximate surface area is 104 Å². The fourth-order valence-electron chi connectivity index (χ4n) is 2.72. The summed E-state index contributed by atoms with van der Waals surface area (Å²) in [5.41, 5.74) is 6.08. The third kappa shape index (κ3) is 2.40. The molecule has 5 nitrogen and oxygen atoms in total. The lowest BCUT2D eigenvalue weighted by Crippen LogP contribution is -2.57. The van der Waals surface area contributed by atoms with Gasteiger partial charge in [-0.15, -0.1) is 0 Å². The summed E-state index contributed by atoms with van der Waals surface area (Å²) in [4.78, 5) is 8.90. The standard InChI is InChI=1S/C12H24N4O/c1-15(2)6-7-16-11(13)14-8-12(16,9-17-3)10-4-5-10/h10H,4-9H2,1-3H3,(H2,13,14). The van der Waals surface area contributed by atoms with Gasteiger partial charge in [0.25, 0.3) is 0 Å². The molecule has 0 aromatic rings. The number of guanidine groups is 1.